The van der Waals surface area contributed by atoms with E-state index in [0.29, 0.717) is 10.7 Å². The third kappa shape index (κ3) is 5.05. The Balaban J connectivity index is 1.78. The molecule has 2 heterocycles. The molecule has 0 unspecified atom stereocenters. The predicted octanol–water partition coefficient (Wildman–Crippen LogP) is 4.69. The van der Waals surface area contributed by atoms with Crippen molar-refractivity contribution in [1.29, 1.82) is 10.8 Å². The van der Waals surface area contributed by atoms with Crippen LogP contribution in [-0.4, -0.2) is 44.3 Å². The minimum atomic E-state index is -0.00552. The highest BCUT2D eigenvalue weighted by atomic mass is 32.2. The molecule has 0 aliphatic carbocycles. The van der Waals surface area contributed by atoms with Crippen molar-refractivity contribution in [2.75, 3.05) is 7.05 Å². The maximum atomic E-state index is 8.61. The number of rotatable bonds is 3. The van der Waals surface area contributed by atoms with Gasteiger partial charge in [-0.15, -0.1) is 0 Å². The van der Waals surface area contributed by atoms with Crippen LogP contribution in [0.1, 0.15) is 46.1 Å². The lowest BCUT2D eigenvalue weighted by molar-refractivity contribution is 0.114. The molecule has 0 spiro atoms. The number of aromatic nitrogens is 1. The summed E-state index contributed by atoms with van der Waals surface area (Å²) in [5.74, 6) is 0.282. The van der Waals surface area contributed by atoms with Crippen LogP contribution in [0, 0.1) is 10.8 Å². The van der Waals surface area contributed by atoms with Gasteiger partial charge in [-0.1, -0.05) is 18.2 Å². The topological polar surface area (TPSA) is 85.1 Å². The van der Waals surface area contributed by atoms with Crippen LogP contribution in [0.4, 0.5) is 0 Å². The highest BCUT2D eigenvalue weighted by molar-refractivity contribution is 8.26. The summed E-state index contributed by atoms with van der Waals surface area (Å²) in [7, 11) is 1.94. The lowest BCUT2D eigenvalue weighted by Crippen LogP contribution is -2.62. The van der Waals surface area contributed by atoms with E-state index in [9.17, 15) is 0 Å². The molecule has 8 heteroatoms. The van der Waals surface area contributed by atoms with Crippen molar-refractivity contribution in [3.8, 4) is 5.88 Å². The molecule has 0 saturated carbocycles. The van der Waals surface area contributed by atoms with E-state index in [-0.39, 0.29) is 28.0 Å². The third-order valence-electron chi connectivity index (χ3n) is 5.26. The fraction of sp³-hybridized carbons (Fsp3) is 0.476. The van der Waals surface area contributed by atoms with Gasteiger partial charge in [-0.2, -0.15) is 0 Å². The Morgan fingerprint density at radius 1 is 1.21 bits per heavy atom. The molecule has 0 radical (unpaired) electrons. The quantitative estimate of drug-likeness (QED) is 0.245. The van der Waals surface area contributed by atoms with Gasteiger partial charge in [-0.25, -0.2) is 4.98 Å². The number of para-hydroxylation sites is 1. The van der Waals surface area contributed by atoms with E-state index in [1.165, 1.54) is 0 Å². The van der Waals surface area contributed by atoms with Crippen LogP contribution in [0.25, 0.3) is 10.9 Å². The maximum Gasteiger partial charge on any atom is 0.238 e. The van der Waals surface area contributed by atoms with Gasteiger partial charge in [0.05, 0.1) is 11.1 Å². The van der Waals surface area contributed by atoms with Crippen LogP contribution in [0.2, 0.25) is 0 Å². The molecule has 29 heavy (non-hydrogen) atoms. The Morgan fingerprint density at radius 2 is 1.83 bits per heavy atom. The number of hydrogen-bond acceptors (Lipinski definition) is 7. The normalized spacial score (nSPS) is 18.4. The number of hydrogen-bond donors (Lipinski definition) is 4. The zero-order chi connectivity index (χ0) is 21.4. The minimum absolute atomic E-state index is 0.00552. The average molecular weight is 432 g/mol. The summed E-state index contributed by atoms with van der Waals surface area (Å²) in [6.45, 7) is 8.80. The first-order valence-corrected chi connectivity index (χ1v) is 10.8. The zero-order valence-electron chi connectivity index (χ0n) is 17.5. The largest absolute Gasteiger partial charge is 0.408 e. The molecular weight excluding hydrogens is 402 g/mol. The third-order valence-corrected chi connectivity index (χ3v) is 6.33. The standard InChI is InChI=1S/C21H29N5OS2/c1-20(2)11-14(12-21(3,4)25-20)26(5)19(23)29-17(22)15-10-13-8-6-7-9-16(13)24-18(15)27-28/h6-10,14,22-23,25,28H,11-12H2,1-5H3. The van der Waals surface area contributed by atoms with Gasteiger partial charge in [0.2, 0.25) is 5.88 Å². The van der Waals surface area contributed by atoms with E-state index in [1.807, 2.05) is 42.3 Å². The number of pyridine rings is 1. The lowest BCUT2D eigenvalue weighted by atomic mass is 9.79. The Bertz CT molecular complexity index is 928. The van der Waals surface area contributed by atoms with Crippen molar-refractivity contribution in [2.24, 2.45) is 0 Å². The maximum absolute atomic E-state index is 8.61. The summed E-state index contributed by atoms with van der Waals surface area (Å²) < 4.78 is 5.12. The summed E-state index contributed by atoms with van der Waals surface area (Å²) in [5, 5.41) is 22.3. The molecule has 6 nitrogen and oxygen atoms in total. The average Bonchev–Trinajstić information content (AvgIpc) is 2.63. The molecule has 156 valence electrons. The van der Waals surface area contributed by atoms with E-state index >= 15 is 0 Å². The number of nitrogens with zero attached hydrogens (tertiary/aromatic N) is 2. The molecule has 1 saturated heterocycles. The first-order chi connectivity index (χ1) is 13.5. The molecule has 1 aromatic carbocycles. The van der Waals surface area contributed by atoms with Crippen LogP contribution in [-0.2, 0) is 0 Å². The molecule has 3 rings (SSSR count). The molecule has 3 N–H and O–H groups in total. The van der Waals surface area contributed by atoms with Crippen LogP contribution in [0.15, 0.2) is 30.3 Å². The van der Waals surface area contributed by atoms with Gasteiger partial charge in [-0.3, -0.25) is 10.8 Å². The van der Waals surface area contributed by atoms with Gasteiger partial charge < -0.3 is 14.4 Å². The number of thiol groups is 1. The van der Waals surface area contributed by atoms with Crippen molar-refractivity contribution < 1.29 is 4.18 Å². The second kappa shape index (κ2) is 8.16. The summed E-state index contributed by atoms with van der Waals surface area (Å²) in [6.07, 6.45) is 1.87. The monoisotopic (exact) mass is 431 g/mol. The Kier molecular flexibility index (Phi) is 6.17. The van der Waals surface area contributed by atoms with Crippen molar-refractivity contribution in [2.45, 2.75) is 57.7 Å². The Hall–Kier alpha value is -1.77. The fourth-order valence-electron chi connectivity index (χ4n) is 4.26. The van der Waals surface area contributed by atoms with Crippen molar-refractivity contribution in [1.82, 2.24) is 15.2 Å². The lowest BCUT2D eigenvalue weighted by Gasteiger charge is -2.49. The number of benzene rings is 1. The number of thioether (sulfide) groups is 1. The molecule has 0 amide bonds. The van der Waals surface area contributed by atoms with Crippen LogP contribution < -0.4 is 9.50 Å². The van der Waals surface area contributed by atoms with Crippen molar-refractivity contribution in [3.63, 3.8) is 0 Å². The second-order valence-corrected chi connectivity index (χ2v) is 10.1. The highest BCUT2D eigenvalue weighted by Gasteiger charge is 2.39. The van der Waals surface area contributed by atoms with Gasteiger partial charge in [0.25, 0.3) is 0 Å². The highest BCUT2D eigenvalue weighted by Crippen LogP contribution is 2.33. The SMILES string of the molecule is CN(C(=N)SC(=N)c1cc2ccccc2nc1OS)C1CC(C)(C)NC(C)(C)C1. The van der Waals surface area contributed by atoms with E-state index in [0.717, 1.165) is 35.5 Å². The molecule has 1 aliphatic heterocycles. The van der Waals surface area contributed by atoms with Gasteiger partial charge in [0.15, 0.2) is 5.17 Å². The molecular formula is C21H29N5OS2. The Labute approximate surface area is 182 Å². The van der Waals surface area contributed by atoms with E-state index in [4.69, 9.17) is 15.0 Å². The first-order valence-electron chi connectivity index (χ1n) is 9.60. The second-order valence-electron chi connectivity index (χ2n) is 8.93. The molecule has 0 bridgehead atoms. The van der Waals surface area contributed by atoms with Gasteiger partial charge in [0.1, 0.15) is 5.04 Å². The molecule has 2 aromatic rings. The molecule has 1 aromatic heterocycles. The fourth-order valence-corrected chi connectivity index (χ4v) is 5.14. The summed E-state index contributed by atoms with van der Waals surface area (Å²) in [5.41, 5.74) is 1.31. The van der Waals surface area contributed by atoms with E-state index in [1.54, 1.807) is 0 Å². The van der Waals surface area contributed by atoms with E-state index < -0.39 is 0 Å². The summed E-state index contributed by atoms with van der Waals surface area (Å²) in [4.78, 5) is 6.44. The van der Waals surface area contributed by atoms with E-state index in [2.05, 4.69) is 50.9 Å². The minimum Gasteiger partial charge on any atom is -0.408 e. The van der Waals surface area contributed by atoms with Crippen LogP contribution >= 0.6 is 24.7 Å². The zero-order valence-corrected chi connectivity index (χ0v) is 19.2. The molecule has 0 atom stereocenters. The summed E-state index contributed by atoms with van der Waals surface area (Å²) >= 11 is 5.02. The van der Waals surface area contributed by atoms with Crippen molar-refractivity contribution >= 4 is 45.8 Å². The number of amidine groups is 1. The van der Waals surface area contributed by atoms with Crippen LogP contribution in [0.5, 0.6) is 5.88 Å². The van der Waals surface area contributed by atoms with Gasteiger partial charge in [-0.05, 0) is 64.4 Å². The predicted molar refractivity (Wildman–Crippen MR) is 126 cm³/mol. The number of fused-ring (bicyclic) bond motifs is 1. The first kappa shape index (κ1) is 21.9. The van der Waals surface area contributed by atoms with Gasteiger partial charge in [0, 0.05) is 42.5 Å². The number of nitrogens with one attached hydrogen (secondary N) is 3. The number of piperidine rings is 1. The molecule has 1 aliphatic rings. The Morgan fingerprint density at radius 3 is 2.45 bits per heavy atom. The van der Waals surface area contributed by atoms with Crippen LogP contribution in [0.3, 0.4) is 0 Å². The summed E-state index contributed by atoms with van der Waals surface area (Å²) in [6, 6.07) is 9.77. The van der Waals surface area contributed by atoms with Gasteiger partial charge >= 0.3 is 0 Å². The van der Waals surface area contributed by atoms with Crippen molar-refractivity contribution in [3.05, 3.63) is 35.9 Å². The smallest absolute Gasteiger partial charge is 0.238 e. The molecule has 1 fully saturated rings.